The van der Waals surface area contributed by atoms with Gasteiger partial charge in [-0.05, 0) is 31.0 Å². The molecule has 0 aromatic heterocycles. The van der Waals surface area contributed by atoms with E-state index in [1.54, 1.807) is 44.2 Å². The minimum absolute atomic E-state index is 0.0330. The van der Waals surface area contributed by atoms with Crippen LogP contribution in [0.15, 0.2) is 48.5 Å². The lowest BCUT2D eigenvalue weighted by molar-refractivity contribution is 0.0525. The number of phenolic OH excluding ortho intramolecular Hbond substituents is 1. The summed E-state index contributed by atoms with van der Waals surface area (Å²) in [5.41, 5.74) is 0.395. The number of carbonyl (C=O) groups excluding carboxylic acids is 1. The number of aliphatic hydroxyl groups is 1. The molecule has 0 aliphatic heterocycles. The minimum atomic E-state index is -1.17. The molecule has 3 N–H and O–H groups in total. The topological polar surface area (TPSA) is 69.6 Å². The van der Waals surface area contributed by atoms with Crippen LogP contribution < -0.4 is 5.32 Å². The van der Waals surface area contributed by atoms with Crippen LogP contribution in [0.4, 0.5) is 0 Å². The van der Waals surface area contributed by atoms with E-state index < -0.39 is 11.5 Å². The molecule has 4 heteroatoms. The molecule has 0 saturated heterocycles. The van der Waals surface area contributed by atoms with Crippen LogP contribution in [0.1, 0.15) is 28.4 Å². The fourth-order valence-electron chi connectivity index (χ4n) is 2.09. The Morgan fingerprint density at radius 2 is 1.81 bits per heavy atom. The van der Waals surface area contributed by atoms with Gasteiger partial charge in [0.15, 0.2) is 0 Å². The van der Waals surface area contributed by atoms with Crippen LogP contribution in [0.5, 0.6) is 5.75 Å². The normalized spacial score (nSPS) is 13.5. The van der Waals surface area contributed by atoms with E-state index in [1.165, 1.54) is 0 Å². The molecule has 0 heterocycles. The molecule has 1 amide bonds. The quantitative estimate of drug-likeness (QED) is 0.807. The van der Waals surface area contributed by atoms with Crippen molar-refractivity contribution >= 4 is 5.91 Å². The van der Waals surface area contributed by atoms with Gasteiger partial charge < -0.3 is 15.5 Å². The number of hydrogen-bond donors (Lipinski definition) is 3. The van der Waals surface area contributed by atoms with Gasteiger partial charge in [-0.3, -0.25) is 4.79 Å². The van der Waals surface area contributed by atoms with Crippen LogP contribution in [0.25, 0.3) is 0 Å². The van der Waals surface area contributed by atoms with Crippen molar-refractivity contribution in [2.24, 2.45) is 0 Å². The first-order chi connectivity index (χ1) is 9.92. The van der Waals surface area contributed by atoms with E-state index in [-0.39, 0.29) is 17.9 Å². The zero-order valence-electron chi connectivity index (χ0n) is 12.1. The Bertz CT molecular complexity index is 636. The molecule has 0 spiro atoms. The number of carbonyl (C=O) groups is 1. The maximum Gasteiger partial charge on any atom is 0.255 e. The SMILES string of the molecule is Cc1cccc(C(=O)NCC(C)(O)c2ccccc2)c1O. The Morgan fingerprint density at radius 3 is 2.48 bits per heavy atom. The van der Waals surface area contributed by atoms with E-state index in [0.717, 1.165) is 5.56 Å². The summed E-state index contributed by atoms with van der Waals surface area (Å²) < 4.78 is 0. The molecule has 1 unspecified atom stereocenters. The summed E-state index contributed by atoms with van der Waals surface area (Å²) in [5.74, 6) is -0.443. The number of phenols is 1. The first kappa shape index (κ1) is 15.1. The lowest BCUT2D eigenvalue weighted by Crippen LogP contribution is -2.38. The van der Waals surface area contributed by atoms with Crippen molar-refractivity contribution < 1.29 is 15.0 Å². The van der Waals surface area contributed by atoms with Crippen molar-refractivity contribution in [1.82, 2.24) is 5.32 Å². The van der Waals surface area contributed by atoms with Crippen LogP contribution in [-0.2, 0) is 5.60 Å². The summed E-state index contributed by atoms with van der Waals surface area (Å²) in [6.45, 7) is 3.42. The summed E-state index contributed by atoms with van der Waals surface area (Å²) in [6, 6.07) is 14.1. The molecule has 0 aliphatic carbocycles. The largest absolute Gasteiger partial charge is 0.507 e. The van der Waals surface area contributed by atoms with Gasteiger partial charge in [0, 0.05) is 0 Å². The number of para-hydroxylation sites is 1. The molecule has 2 rings (SSSR count). The van der Waals surface area contributed by atoms with E-state index in [1.807, 2.05) is 18.2 Å². The summed E-state index contributed by atoms with van der Waals surface area (Å²) in [6.07, 6.45) is 0. The van der Waals surface area contributed by atoms with Crippen LogP contribution in [0.2, 0.25) is 0 Å². The highest BCUT2D eigenvalue weighted by atomic mass is 16.3. The van der Waals surface area contributed by atoms with Crippen LogP contribution in [-0.4, -0.2) is 22.7 Å². The highest BCUT2D eigenvalue weighted by Gasteiger charge is 2.24. The molecule has 110 valence electrons. The number of aryl methyl sites for hydroxylation is 1. The smallest absolute Gasteiger partial charge is 0.255 e. The fraction of sp³-hybridized carbons (Fsp3) is 0.235. The van der Waals surface area contributed by atoms with Gasteiger partial charge in [0.1, 0.15) is 11.4 Å². The highest BCUT2D eigenvalue weighted by molar-refractivity contribution is 5.97. The van der Waals surface area contributed by atoms with Crippen molar-refractivity contribution in [3.63, 3.8) is 0 Å². The summed E-state index contributed by atoms with van der Waals surface area (Å²) >= 11 is 0. The molecule has 0 bridgehead atoms. The zero-order valence-corrected chi connectivity index (χ0v) is 12.1. The van der Waals surface area contributed by atoms with Crippen LogP contribution in [0, 0.1) is 6.92 Å². The Morgan fingerprint density at radius 1 is 1.14 bits per heavy atom. The molecule has 2 aromatic rings. The van der Waals surface area contributed by atoms with Crippen molar-refractivity contribution in [3.8, 4) is 5.75 Å². The van der Waals surface area contributed by atoms with Gasteiger partial charge >= 0.3 is 0 Å². The first-order valence-electron chi connectivity index (χ1n) is 6.76. The molecular formula is C17H19NO3. The molecule has 0 saturated carbocycles. The van der Waals surface area contributed by atoms with Gasteiger partial charge in [0.2, 0.25) is 0 Å². The van der Waals surface area contributed by atoms with E-state index in [4.69, 9.17) is 0 Å². The Hall–Kier alpha value is -2.33. The number of aromatic hydroxyl groups is 1. The van der Waals surface area contributed by atoms with E-state index in [9.17, 15) is 15.0 Å². The average Bonchev–Trinajstić information content (AvgIpc) is 2.49. The van der Waals surface area contributed by atoms with E-state index in [0.29, 0.717) is 5.56 Å². The maximum absolute atomic E-state index is 12.1. The average molecular weight is 285 g/mol. The second kappa shape index (κ2) is 5.97. The Kier molecular flexibility index (Phi) is 4.29. The van der Waals surface area contributed by atoms with Gasteiger partial charge in [0.25, 0.3) is 5.91 Å². The maximum atomic E-state index is 12.1. The first-order valence-corrected chi connectivity index (χ1v) is 6.76. The van der Waals surface area contributed by atoms with Crippen molar-refractivity contribution in [2.45, 2.75) is 19.4 Å². The number of amides is 1. The number of nitrogens with one attached hydrogen (secondary N) is 1. The molecule has 0 fully saturated rings. The minimum Gasteiger partial charge on any atom is -0.507 e. The molecule has 0 radical (unpaired) electrons. The fourth-order valence-corrected chi connectivity index (χ4v) is 2.09. The monoisotopic (exact) mass is 285 g/mol. The van der Waals surface area contributed by atoms with Crippen molar-refractivity contribution in [2.75, 3.05) is 6.54 Å². The second-order valence-electron chi connectivity index (χ2n) is 5.29. The lowest BCUT2D eigenvalue weighted by atomic mass is 9.96. The standard InChI is InChI=1S/C17H19NO3/c1-12-7-6-10-14(15(12)19)16(20)18-11-17(2,21)13-8-4-3-5-9-13/h3-10,19,21H,11H2,1-2H3,(H,18,20). The second-order valence-corrected chi connectivity index (χ2v) is 5.29. The van der Waals surface area contributed by atoms with Gasteiger partial charge in [-0.2, -0.15) is 0 Å². The van der Waals surface area contributed by atoms with Gasteiger partial charge in [-0.1, -0.05) is 42.5 Å². The number of benzene rings is 2. The van der Waals surface area contributed by atoms with E-state index in [2.05, 4.69) is 5.32 Å². The molecule has 4 nitrogen and oxygen atoms in total. The summed E-state index contributed by atoms with van der Waals surface area (Å²) in [7, 11) is 0. The molecular weight excluding hydrogens is 266 g/mol. The third-order valence-corrected chi connectivity index (χ3v) is 3.47. The van der Waals surface area contributed by atoms with Crippen LogP contribution in [0.3, 0.4) is 0 Å². The summed E-state index contributed by atoms with van der Waals surface area (Å²) in [5, 5.41) is 23.0. The molecule has 1 atom stereocenters. The number of hydrogen-bond acceptors (Lipinski definition) is 3. The third-order valence-electron chi connectivity index (χ3n) is 3.47. The highest BCUT2D eigenvalue weighted by Crippen LogP contribution is 2.22. The zero-order chi connectivity index (χ0) is 15.5. The third kappa shape index (κ3) is 3.41. The molecule has 2 aromatic carbocycles. The Labute approximate surface area is 124 Å². The van der Waals surface area contributed by atoms with Gasteiger partial charge in [0.05, 0.1) is 12.1 Å². The van der Waals surface area contributed by atoms with Gasteiger partial charge in [-0.25, -0.2) is 0 Å². The van der Waals surface area contributed by atoms with Crippen molar-refractivity contribution in [1.29, 1.82) is 0 Å². The predicted molar refractivity (Wildman–Crippen MR) is 81.2 cm³/mol. The lowest BCUT2D eigenvalue weighted by Gasteiger charge is -2.24. The van der Waals surface area contributed by atoms with E-state index >= 15 is 0 Å². The molecule has 21 heavy (non-hydrogen) atoms. The Balaban J connectivity index is 2.09. The van der Waals surface area contributed by atoms with Crippen molar-refractivity contribution in [3.05, 3.63) is 65.2 Å². The summed E-state index contributed by atoms with van der Waals surface area (Å²) in [4.78, 5) is 12.1. The van der Waals surface area contributed by atoms with Crippen LogP contribution >= 0.6 is 0 Å². The van der Waals surface area contributed by atoms with Gasteiger partial charge in [-0.15, -0.1) is 0 Å². The molecule has 0 aliphatic rings. The number of rotatable bonds is 4. The predicted octanol–water partition coefficient (Wildman–Crippen LogP) is 2.34.